The van der Waals surface area contributed by atoms with Gasteiger partial charge in [0.15, 0.2) is 5.78 Å². The van der Waals surface area contributed by atoms with Crippen molar-refractivity contribution >= 4 is 11.8 Å². The molecule has 0 aromatic carbocycles. The average molecular weight is 222 g/mol. The molecule has 0 saturated carbocycles. The zero-order valence-electron chi connectivity index (χ0n) is 9.81. The van der Waals surface area contributed by atoms with Crippen molar-refractivity contribution in [3.8, 4) is 0 Å². The number of esters is 1. The molecule has 2 atom stereocenters. The maximum Gasteiger partial charge on any atom is 0.306 e. The lowest BCUT2D eigenvalue weighted by molar-refractivity contribution is -0.141. The van der Waals surface area contributed by atoms with Gasteiger partial charge in [-0.1, -0.05) is 25.2 Å². The molecule has 0 heterocycles. The fourth-order valence-corrected chi connectivity index (χ4v) is 1.87. The number of ether oxygens (including phenoxy) is 1. The molecular weight excluding hydrogens is 204 g/mol. The SMILES string of the molecule is CC/C=C/C[C@@H]1C(=O)C=C[C@H]1CC(=O)OC. The molecule has 1 aliphatic rings. The molecule has 0 unspecified atom stereocenters. The summed E-state index contributed by atoms with van der Waals surface area (Å²) in [5.74, 6) is -0.216. The molecule has 0 aromatic heterocycles. The largest absolute Gasteiger partial charge is 0.469 e. The van der Waals surface area contributed by atoms with E-state index >= 15 is 0 Å². The molecule has 1 aliphatic carbocycles. The molecule has 0 saturated heterocycles. The highest BCUT2D eigenvalue weighted by Gasteiger charge is 2.30. The van der Waals surface area contributed by atoms with E-state index < -0.39 is 0 Å². The Hall–Kier alpha value is -1.38. The number of carbonyl (C=O) groups excluding carboxylic acids is 2. The monoisotopic (exact) mass is 222 g/mol. The Kier molecular flexibility index (Phi) is 4.96. The standard InChI is InChI=1S/C13H18O3/c1-3-4-5-6-11-10(7-8-12(11)14)9-13(15)16-2/h4-5,7-8,10-11H,3,6,9H2,1-2H3/b5-4+/t10-,11-/m0/s1. The molecule has 3 heteroatoms. The molecule has 0 amide bonds. The van der Waals surface area contributed by atoms with Gasteiger partial charge in [-0.15, -0.1) is 0 Å². The summed E-state index contributed by atoms with van der Waals surface area (Å²) in [6, 6.07) is 0. The van der Waals surface area contributed by atoms with Crippen LogP contribution in [0.5, 0.6) is 0 Å². The van der Waals surface area contributed by atoms with E-state index in [2.05, 4.69) is 11.7 Å². The number of methoxy groups -OCH3 is 1. The minimum absolute atomic E-state index is 0.00135. The maximum atomic E-state index is 11.6. The van der Waals surface area contributed by atoms with Gasteiger partial charge < -0.3 is 4.74 Å². The molecule has 16 heavy (non-hydrogen) atoms. The fourth-order valence-electron chi connectivity index (χ4n) is 1.87. The summed E-state index contributed by atoms with van der Waals surface area (Å²) >= 11 is 0. The van der Waals surface area contributed by atoms with Crippen molar-refractivity contribution in [2.45, 2.75) is 26.2 Å². The lowest BCUT2D eigenvalue weighted by atomic mass is 9.89. The van der Waals surface area contributed by atoms with Crippen LogP contribution in [-0.2, 0) is 14.3 Å². The fraction of sp³-hybridized carbons (Fsp3) is 0.538. The predicted octanol–water partition coefficient (Wildman–Crippen LogP) is 2.28. The predicted molar refractivity (Wildman–Crippen MR) is 61.8 cm³/mol. The second-order valence-electron chi connectivity index (χ2n) is 3.93. The third-order valence-corrected chi connectivity index (χ3v) is 2.81. The number of carbonyl (C=O) groups is 2. The van der Waals surface area contributed by atoms with E-state index in [-0.39, 0.29) is 23.6 Å². The first-order valence-electron chi connectivity index (χ1n) is 5.62. The summed E-state index contributed by atoms with van der Waals surface area (Å²) in [6.07, 6.45) is 9.43. The Balaban J connectivity index is 2.55. The Morgan fingerprint density at radius 3 is 2.88 bits per heavy atom. The van der Waals surface area contributed by atoms with Gasteiger partial charge in [0.2, 0.25) is 0 Å². The van der Waals surface area contributed by atoms with Gasteiger partial charge in [-0.05, 0) is 24.8 Å². The Morgan fingerprint density at radius 2 is 2.25 bits per heavy atom. The summed E-state index contributed by atoms with van der Waals surface area (Å²) in [5.41, 5.74) is 0. The van der Waals surface area contributed by atoms with Crippen LogP contribution < -0.4 is 0 Å². The summed E-state index contributed by atoms with van der Waals surface area (Å²) in [6.45, 7) is 2.05. The number of allylic oxidation sites excluding steroid dienone is 4. The molecule has 0 spiro atoms. The van der Waals surface area contributed by atoms with Gasteiger partial charge >= 0.3 is 5.97 Å². The lowest BCUT2D eigenvalue weighted by Gasteiger charge is -2.14. The van der Waals surface area contributed by atoms with E-state index in [1.165, 1.54) is 7.11 Å². The number of ketones is 1. The van der Waals surface area contributed by atoms with Crippen molar-refractivity contribution in [3.63, 3.8) is 0 Å². The minimum Gasteiger partial charge on any atom is -0.469 e. The first-order chi connectivity index (χ1) is 7.69. The Bertz CT molecular complexity index is 315. The van der Waals surface area contributed by atoms with Gasteiger partial charge in [0.05, 0.1) is 13.5 Å². The highest BCUT2D eigenvalue weighted by molar-refractivity contribution is 5.95. The van der Waals surface area contributed by atoms with Crippen LogP contribution in [0.4, 0.5) is 0 Å². The molecule has 0 N–H and O–H groups in total. The van der Waals surface area contributed by atoms with Crippen LogP contribution in [0, 0.1) is 11.8 Å². The maximum absolute atomic E-state index is 11.6. The normalized spacial score (nSPS) is 24.2. The zero-order chi connectivity index (χ0) is 12.0. The smallest absolute Gasteiger partial charge is 0.306 e. The highest BCUT2D eigenvalue weighted by atomic mass is 16.5. The van der Waals surface area contributed by atoms with Crippen LogP contribution >= 0.6 is 0 Å². The van der Waals surface area contributed by atoms with E-state index in [4.69, 9.17) is 0 Å². The molecule has 88 valence electrons. The average Bonchev–Trinajstić information content (AvgIpc) is 2.61. The highest BCUT2D eigenvalue weighted by Crippen LogP contribution is 2.28. The van der Waals surface area contributed by atoms with Crippen LogP contribution in [0.15, 0.2) is 24.3 Å². The van der Waals surface area contributed by atoms with Crippen LogP contribution in [0.3, 0.4) is 0 Å². The van der Waals surface area contributed by atoms with Crippen molar-refractivity contribution in [3.05, 3.63) is 24.3 Å². The van der Waals surface area contributed by atoms with Crippen LogP contribution in [-0.4, -0.2) is 18.9 Å². The summed E-state index contributed by atoms with van der Waals surface area (Å²) in [4.78, 5) is 22.7. The van der Waals surface area contributed by atoms with Crippen LogP contribution in [0.2, 0.25) is 0 Å². The molecule has 3 nitrogen and oxygen atoms in total. The van der Waals surface area contributed by atoms with Crippen molar-refractivity contribution in [1.82, 2.24) is 0 Å². The third kappa shape index (κ3) is 3.33. The molecule has 1 rings (SSSR count). The topological polar surface area (TPSA) is 43.4 Å². The molecule has 0 bridgehead atoms. The van der Waals surface area contributed by atoms with E-state index in [1.54, 1.807) is 6.08 Å². The number of hydrogen-bond acceptors (Lipinski definition) is 3. The van der Waals surface area contributed by atoms with Gasteiger partial charge in [-0.3, -0.25) is 9.59 Å². The van der Waals surface area contributed by atoms with Crippen molar-refractivity contribution in [1.29, 1.82) is 0 Å². The van der Waals surface area contributed by atoms with Gasteiger partial charge in [0.25, 0.3) is 0 Å². The Morgan fingerprint density at radius 1 is 1.50 bits per heavy atom. The molecule has 0 radical (unpaired) electrons. The lowest BCUT2D eigenvalue weighted by Crippen LogP contribution is -2.18. The Labute approximate surface area is 96.2 Å². The van der Waals surface area contributed by atoms with Gasteiger partial charge in [0.1, 0.15) is 0 Å². The number of hydrogen-bond donors (Lipinski definition) is 0. The molecule has 0 aromatic rings. The minimum atomic E-state index is -0.256. The van der Waals surface area contributed by atoms with Crippen molar-refractivity contribution < 1.29 is 14.3 Å². The summed E-state index contributed by atoms with van der Waals surface area (Å²) < 4.78 is 4.62. The first-order valence-corrected chi connectivity index (χ1v) is 5.62. The molecular formula is C13H18O3. The van der Waals surface area contributed by atoms with Crippen molar-refractivity contribution in [2.75, 3.05) is 7.11 Å². The third-order valence-electron chi connectivity index (χ3n) is 2.81. The van der Waals surface area contributed by atoms with Gasteiger partial charge in [-0.2, -0.15) is 0 Å². The molecule has 0 fully saturated rings. The molecule has 0 aliphatic heterocycles. The second-order valence-corrected chi connectivity index (χ2v) is 3.93. The first kappa shape index (κ1) is 12.7. The van der Waals surface area contributed by atoms with E-state index in [1.807, 2.05) is 18.2 Å². The zero-order valence-corrected chi connectivity index (χ0v) is 9.81. The summed E-state index contributed by atoms with van der Waals surface area (Å²) in [7, 11) is 1.37. The van der Waals surface area contributed by atoms with Crippen LogP contribution in [0.25, 0.3) is 0 Å². The van der Waals surface area contributed by atoms with E-state index in [0.29, 0.717) is 12.8 Å². The van der Waals surface area contributed by atoms with Crippen molar-refractivity contribution in [2.24, 2.45) is 11.8 Å². The van der Waals surface area contributed by atoms with Crippen LogP contribution in [0.1, 0.15) is 26.2 Å². The van der Waals surface area contributed by atoms with E-state index in [0.717, 1.165) is 6.42 Å². The quantitative estimate of drug-likeness (QED) is 0.529. The second kappa shape index (κ2) is 6.26. The van der Waals surface area contributed by atoms with Gasteiger partial charge in [-0.25, -0.2) is 0 Å². The van der Waals surface area contributed by atoms with Gasteiger partial charge in [0, 0.05) is 5.92 Å². The number of rotatable bonds is 5. The van der Waals surface area contributed by atoms with E-state index in [9.17, 15) is 9.59 Å². The summed E-state index contributed by atoms with van der Waals surface area (Å²) in [5, 5.41) is 0.